The van der Waals surface area contributed by atoms with E-state index in [1.165, 1.54) is 23.5 Å². The van der Waals surface area contributed by atoms with E-state index < -0.39 is 0 Å². The second-order valence-corrected chi connectivity index (χ2v) is 6.32. The normalized spacial score (nSPS) is 16.2. The fourth-order valence-electron chi connectivity index (χ4n) is 2.08. The van der Waals surface area contributed by atoms with E-state index in [-0.39, 0.29) is 6.04 Å². The molecule has 1 atom stereocenters. The van der Waals surface area contributed by atoms with Crippen molar-refractivity contribution in [3.63, 3.8) is 0 Å². The van der Waals surface area contributed by atoms with Crippen molar-refractivity contribution in [1.29, 1.82) is 0 Å². The van der Waals surface area contributed by atoms with Crippen molar-refractivity contribution in [3.05, 3.63) is 17.7 Å². The van der Waals surface area contributed by atoms with Crippen LogP contribution in [0.5, 0.6) is 11.5 Å². The van der Waals surface area contributed by atoms with Crippen LogP contribution in [0.2, 0.25) is 0 Å². The summed E-state index contributed by atoms with van der Waals surface area (Å²) < 4.78 is 11.0. The molecule has 1 aromatic rings. The van der Waals surface area contributed by atoms with E-state index in [2.05, 4.69) is 6.07 Å². The van der Waals surface area contributed by atoms with Crippen LogP contribution in [0, 0.1) is 5.92 Å². The van der Waals surface area contributed by atoms with Gasteiger partial charge in [-0.15, -0.1) is 11.8 Å². The maximum atomic E-state index is 5.92. The molecular formula is C15H23NO2S. The van der Waals surface area contributed by atoms with Gasteiger partial charge in [0.05, 0.1) is 19.1 Å². The molecule has 19 heavy (non-hydrogen) atoms. The lowest BCUT2D eigenvalue weighted by Gasteiger charge is -2.16. The smallest absolute Gasteiger partial charge is 0.135 e. The first-order valence-corrected chi connectivity index (χ1v) is 7.76. The van der Waals surface area contributed by atoms with Gasteiger partial charge in [-0.3, -0.25) is 0 Å². The monoisotopic (exact) mass is 281 g/mol. The summed E-state index contributed by atoms with van der Waals surface area (Å²) in [5.41, 5.74) is 7.05. The highest BCUT2D eigenvalue weighted by Gasteiger charge is 2.23. The molecule has 0 amide bonds. The van der Waals surface area contributed by atoms with Crippen molar-refractivity contribution in [2.45, 2.75) is 37.1 Å². The first-order chi connectivity index (χ1) is 9.13. The molecule has 1 fully saturated rings. The Morgan fingerprint density at radius 1 is 1.32 bits per heavy atom. The fourth-order valence-corrected chi connectivity index (χ4v) is 3.37. The summed E-state index contributed by atoms with van der Waals surface area (Å²) in [5, 5.41) is 0. The molecule has 1 saturated carbocycles. The zero-order valence-electron chi connectivity index (χ0n) is 11.9. The van der Waals surface area contributed by atoms with Gasteiger partial charge in [-0.1, -0.05) is 0 Å². The zero-order chi connectivity index (χ0) is 13.8. The van der Waals surface area contributed by atoms with Crippen molar-refractivity contribution in [3.8, 4) is 11.5 Å². The Labute approximate surface area is 119 Å². The Kier molecular flexibility index (Phi) is 4.99. The molecule has 0 saturated heterocycles. The van der Waals surface area contributed by atoms with Crippen LogP contribution in [-0.2, 0) is 6.42 Å². The molecule has 2 rings (SSSR count). The van der Waals surface area contributed by atoms with Crippen LogP contribution >= 0.6 is 11.8 Å². The Hall–Kier alpha value is -0.870. The van der Waals surface area contributed by atoms with Gasteiger partial charge in [0, 0.05) is 17.4 Å². The third-order valence-corrected chi connectivity index (χ3v) is 4.51. The largest absolute Gasteiger partial charge is 0.497 e. The van der Waals surface area contributed by atoms with Gasteiger partial charge in [0.2, 0.25) is 0 Å². The SMILES string of the molecule is COc1cc(CC(C)N)c(OC)c(SCC2CC2)c1. The number of ether oxygens (including phenoxy) is 2. The van der Waals surface area contributed by atoms with Crippen molar-refractivity contribution >= 4 is 11.8 Å². The minimum absolute atomic E-state index is 0.113. The van der Waals surface area contributed by atoms with Gasteiger partial charge in [-0.25, -0.2) is 0 Å². The number of nitrogens with two attached hydrogens (primary N) is 1. The molecule has 3 nitrogen and oxygen atoms in total. The van der Waals surface area contributed by atoms with E-state index in [1.54, 1.807) is 14.2 Å². The van der Waals surface area contributed by atoms with Crippen LogP contribution in [-0.4, -0.2) is 26.0 Å². The lowest BCUT2D eigenvalue weighted by atomic mass is 10.1. The molecule has 0 aliphatic heterocycles. The van der Waals surface area contributed by atoms with Gasteiger partial charge in [0.1, 0.15) is 11.5 Å². The fraction of sp³-hybridized carbons (Fsp3) is 0.600. The summed E-state index contributed by atoms with van der Waals surface area (Å²) >= 11 is 1.87. The van der Waals surface area contributed by atoms with Crippen LogP contribution in [0.25, 0.3) is 0 Å². The van der Waals surface area contributed by atoms with Gasteiger partial charge >= 0.3 is 0 Å². The maximum absolute atomic E-state index is 5.92. The molecule has 1 aliphatic rings. The average molecular weight is 281 g/mol. The van der Waals surface area contributed by atoms with Crippen molar-refractivity contribution < 1.29 is 9.47 Å². The summed E-state index contributed by atoms with van der Waals surface area (Å²) in [4.78, 5) is 1.17. The van der Waals surface area contributed by atoms with Gasteiger partial charge in [0.25, 0.3) is 0 Å². The highest BCUT2D eigenvalue weighted by Crippen LogP contribution is 2.41. The number of hydrogen-bond acceptors (Lipinski definition) is 4. The van der Waals surface area contributed by atoms with Crippen LogP contribution in [0.4, 0.5) is 0 Å². The van der Waals surface area contributed by atoms with E-state index in [0.717, 1.165) is 29.4 Å². The summed E-state index contributed by atoms with van der Waals surface area (Å²) in [6, 6.07) is 4.21. The lowest BCUT2D eigenvalue weighted by molar-refractivity contribution is 0.388. The van der Waals surface area contributed by atoms with Crippen molar-refractivity contribution in [1.82, 2.24) is 0 Å². The van der Waals surface area contributed by atoms with Crippen LogP contribution < -0.4 is 15.2 Å². The van der Waals surface area contributed by atoms with E-state index in [9.17, 15) is 0 Å². The Morgan fingerprint density at radius 3 is 2.58 bits per heavy atom. The minimum atomic E-state index is 0.113. The molecule has 0 bridgehead atoms. The molecule has 0 spiro atoms. The maximum Gasteiger partial charge on any atom is 0.135 e. The van der Waals surface area contributed by atoms with Gasteiger partial charge in [-0.2, -0.15) is 0 Å². The number of rotatable bonds is 7. The van der Waals surface area contributed by atoms with Crippen LogP contribution in [0.15, 0.2) is 17.0 Å². The third-order valence-electron chi connectivity index (χ3n) is 3.26. The molecular weight excluding hydrogens is 258 g/mol. The minimum Gasteiger partial charge on any atom is -0.497 e. The average Bonchev–Trinajstić information content (AvgIpc) is 3.19. The second kappa shape index (κ2) is 6.53. The Bertz CT molecular complexity index is 430. The summed E-state index contributed by atoms with van der Waals surface area (Å²) in [6.45, 7) is 2.01. The molecule has 106 valence electrons. The lowest BCUT2D eigenvalue weighted by Crippen LogP contribution is -2.18. The molecule has 0 heterocycles. The predicted molar refractivity (Wildman–Crippen MR) is 80.3 cm³/mol. The summed E-state index contributed by atoms with van der Waals surface area (Å²) in [5.74, 6) is 3.90. The van der Waals surface area contributed by atoms with Crippen molar-refractivity contribution in [2.75, 3.05) is 20.0 Å². The predicted octanol–water partition coefficient (Wildman–Crippen LogP) is 3.10. The molecule has 2 N–H and O–H groups in total. The first-order valence-electron chi connectivity index (χ1n) is 6.77. The Balaban J connectivity index is 2.25. The summed E-state index contributed by atoms with van der Waals surface area (Å²) in [6.07, 6.45) is 3.54. The second-order valence-electron chi connectivity index (χ2n) is 5.25. The molecule has 4 heteroatoms. The van der Waals surface area contributed by atoms with E-state index in [0.29, 0.717) is 0 Å². The van der Waals surface area contributed by atoms with Crippen molar-refractivity contribution in [2.24, 2.45) is 11.7 Å². The van der Waals surface area contributed by atoms with Crippen LogP contribution in [0.3, 0.4) is 0 Å². The van der Waals surface area contributed by atoms with E-state index in [1.807, 2.05) is 24.8 Å². The number of methoxy groups -OCH3 is 2. The van der Waals surface area contributed by atoms with Gasteiger partial charge in [0.15, 0.2) is 0 Å². The standard InChI is InChI=1S/C15H23NO2S/c1-10(16)6-12-7-13(17-2)8-14(15(12)18-3)19-9-11-4-5-11/h7-8,10-11H,4-6,9,16H2,1-3H3. The highest BCUT2D eigenvalue weighted by molar-refractivity contribution is 7.99. The molecule has 1 aliphatic carbocycles. The molecule has 1 unspecified atom stereocenters. The molecule has 0 radical (unpaired) electrons. The topological polar surface area (TPSA) is 44.5 Å². The molecule has 1 aromatic carbocycles. The molecule has 0 aromatic heterocycles. The van der Waals surface area contributed by atoms with E-state index in [4.69, 9.17) is 15.2 Å². The first kappa shape index (κ1) is 14.5. The summed E-state index contributed by atoms with van der Waals surface area (Å²) in [7, 11) is 3.43. The highest BCUT2D eigenvalue weighted by atomic mass is 32.2. The number of hydrogen-bond donors (Lipinski definition) is 1. The van der Waals surface area contributed by atoms with Gasteiger partial charge < -0.3 is 15.2 Å². The third kappa shape index (κ3) is 4.05. The van der Waals surface area contributed by atoms with Crippen LogP contribution in [0.1, 0.15) is 25.3 Å². The van der Waals surface area contributed by atoms with Gasteiger partial charge in [-0.05, 0) is 44.2 Å². The zero-order valence-corrected chi connectivity index (χ0v) is 12.8. The number of thioether (sulfide) groups is 1. The number of benzene rings is 1. The van der Waals surface area contributed by atoms with E-state index >= 15 is 0 Å². The Morgan fingerprint density at radius 2 is 2.05 bits per heavy atom. The quantitative estimate of drug-likeness (QED) is 0.780.